The molecule has 2 aliphatic carbocycles. The summed E-state index contributed by atoms with van der Waals surface area (Å²) in [5, 5.41) is 0. The highest BCUT2D eigenvalue weighted by molar-refractivity contribution is 7.90. The predicted octanol–water partition coefficient (Wildman–Crippen LogP) is 3.18. The van der Waals surface area contributed by atoms with Crippen LogP contribution in [-0.2, 0) is 14.8 Å². The van der Waals surface area contributed by atoms with E-state index in [2.05, 4.69) is 20.8 Å². The molecule has 3 unspecified atom stereocenters. The number of sulfonamides is 1. The number of hydrogen-bond donors (Lipinski definition) is 0. The SMILES string of the molecule is CCC[C@H](C)CC(=O)N1C2CC3CCC2(CS1(=O)=O)C3(C)C. The lowest BCUT2D eigenvalue weighted by Crippen LogP contribution is -2.44. The van der Waals surface area contributed by atoms with Crippen LogP contribution in [0, 0.1) is 22.7 Å². The standard InChI is InChI=1S/C17H29NO3S/c1-5-6-12(2)9-15(19)18-14-10-13-7-8-17(14,16(13,3)4)11-22(18,20)21/h12-14H,5-11H2,1-4H3/t12-,13?,14?,17?/m0/s1. The van der Waals surface area contributed by atoms with Crippen molar-refractivity contribution in [3.63, 3.8) is 0 Å². The fourth-order valence-corrected chi connectivity index (χ4v) is 8.16. The maximum absolute atomic E-state index is 12.7. The van der Waals surface area contributed by atoms with Gasteiger partial charge in [0, 0.05) is 11.8 Å². The molecule has 4 atom stereocenters. The largest absolute Gasteiger partial charge is 0.274 e. The Labute approximate surface area is 134 Å². The maximum atomic E-state index is 12.7. The van der Waals surface area contributed by atoms with Gasteiger partial charge in [0.15, 0.2) is 0 Å². The first kappa shape index (κ1) is 16.3. The van der Waals surface area contributed by atoms with E-state index in [1.807, 2.05) is 6.92 Å². The number of nitrogens with zero attached hydrogens (tertiary/aromatic N) is 1. The molecule has 1 aliphatic heterocycles. The smallest absolute Gasteiger partial charge is 0.238 e. The molecule has 0 aromatic rings. The summed E-state index contributed by atoms with van der Waals surface area (Å²) in [7, 11) is -3.44. The van der Waals surface area contributed by atoms with E-state index >= 15 is 0 Å². The van der Waals surface area contributed by atoms with Crippen molar-refractivity contribution in [1.29, 1.82) is 0 Å². The number of fused-ring (bicyclic) bond motifs is 1. The van der Waals surface area contributed by atoms with Crippen LogP contribution < -0.4 is 0 Å². The van der Waals surface area contributed by atoms with Gasteiger partial charge in [0.2, 0.25) is 15.9 Å². The molecule has 4 nitrogen and oxygen atoms in total. The highest BCUT2D eigenvalue weighted by Gasteiger charge is 2.72. The van der Waals surface area contributed by atoms with Crippen LogP contribution in [0.3, 0.4) is 0 Å². The summed E-state index contributed by atoms with van der Waals surface area (Å²) in [4.78, 5) is 12.7. The zero-order valence-electron chi connectivity index (χ0n) is 14.3. The molecule has 1 saturated heterocycles. The molecule has 1 heterocycles. The minimum absolute atomic E-state index is 0.0365. The van der Waals surface area contributed by atoms with E-state index in [-0.39, 0.29) is 34.4 Å². The van der Waals surface area contributed by atoms with Crippen LogP contribution in [0.15, 0.2) is 0 Å². The minimum Gasteiger partial charge on any atom is -0.274 e. The summed E-state index contributed by atoms with van der Waals surface area (Å²) in [5.41, 5.74) is -0.158. The van der Waals surface area contributed by atoms with Gasteiger partial charge >= 0.3 is 0 Å². The summed E-state index contributed by atoms with van der Waals surface area (Å²) >= 11 is 0. The summed E-state index contributed by atoms with van der Waals surface area (Å²) in [5.74, 6) is 0.848. The molecule has 126 valence electrons. The second-order valence-electron chi connectivity index (χ2n) is 8.41. The third-order valence-corrected chi connectivity index (χ3v) is 8.90. The zero-order valence-corrected chi connectivity index (χ0v) is 15.1. The van der Waals surface area contributed by atoms with Crippen molar-refractivity contribution in [1.82, 2.24) is 4.31 Å². The topological polar surface area (TPSA) is 54.5 Å². The Morgan fingerprint density at radius 2 is 2.05 bits per heavy atom. The third kappa shape index (κ3) is 2.00. The summed E-state index contributed by atoms with van der Waals surface area (Å²) in [6.45, 7) is 8.58. The molecule has 1 spiro atoms. The van der Waals surface area contributed by atoms with E-state index in [1.165, 1.54) is 4.31 Å². The second kappa shape index (κ2) is 4.96. The average Bonchev–Trinajstić information content (AvgIpc) is 2.85. The third-order valence-electron chi connectivity index (χ3n) is 6.96. The summed E-state index contributed by atoms with van der Waals surface area (Å²) < 4.78 is 26.8. The molecule has 1 amide bonds. The molecule has 3 fully saturated rings. The molecule has 0 radical (unpaired) electrons. The second-order valence-corrected chi connectivity index (χ2v) is 10.3. The number of amides is 1. The van der Waals surface area contributed by atoms with Crippen molar-refractivity contribution < 1.29 is 13.2 Å². The van der Waals surface area contributed by atoms with Crippen LogP contribution in [0.2, 0.25) is 0 Å². The maximum Gasteiger partial charge on any atom is 0.238 e. The van der Waals surface area contributed by atoms with Crippen molar-refractivity contribution in [2.45, 2.75) is 72.3 Å². The van der Waals surface area contributed by atoms with Gasteiger partial charge in [0.25, 0.3) is 0 Å². The normalized spacial score (nSPS) is 39.0. The molecule has 0 N–H and O–H groups in total. The highest BCUT2D eigenvalue weighted by atomic mass is 32.2. The van der Waals surface area contributed by atoms with Crippen LogP contribution >= 0.6 is 0 Å². The Morgan fingerprint density at radius 3 is 2.64 bits per heavy atom. The molecule has 3 aliphatic rings. The minimum atomic E-state index is -3.44. The van der Waals surface area contributed by atoms with Gasteiger partial charge in [-0.1, -0.05) is 40.5 Å². The Hall–Kier alpha value is -0.580. The van der Waals surface area contributed by atoms with Crippen molar-refractivity contribution in [2.75, 3.05) is 5.75 Å². The van der Waals surface area contributed by atoms with Crippen LogP contribution in [0.4, 0.5) is 0 Å². The summed E-state index contributed by atoms with van der Waals surface area (Å²) in [6, 6.07) is -0.0763. The van der Waals surface area contributed by atoms with Crippen molar-refractivity contribution in [2.24, 2.45) is 22.7 Å². The molecule has 2 saturated carbocycles. The van der Waals surface area contributed by atoms with E-state index in [9.17, 15) is 13.2 Å². The molecule has 2 bridgehead atoms. The molecule has 22 heavy (non-hydrogen) atoms. The number of carbonyl (C=O) groups excluding carboxylic acids is 1. The number of hydrogen-bond acceptors (Lipinski definition) is 3. The van der Waals surface area contributed by atoms with Gasteiger partial charge in [-0.05, 0) is 36.5 Å². The van der Waals surface area contributed by atoms with Crippen molar-refractivity contribution in [3.05, 3.63) is 0 Å². The van der Waals surface area contributed by atoms with E-state index in [0.717, 1.165) is 32.1 Å². The van der Waals surface area contributed by atoms with Gasteiger partial charge < -0.3 is 0 Å². The zero-order chi connectivity index (χ0) is 16.3. The quantitative estimate of drug-likeness (QED) is 0.797. The Morgan fingerprint density at radius 1 is 1.36 bits per heavy atom. The molecule has 3 rings (SSSR count). The van der Waals surface area contributed by atoms with Crippen LogP contribution in [0.5, 0.6) is 0 Å². The van der Waals surface area contributed by atoms with Crippen LogP contribution in [-0.4, -0.2) is 30.4 Å². The first-order valence-electron chi connectivity index (χ1n) is 8.70. The average molecular weight is 327 g/mol. The molecular formula is C17H29NO3S. The van der Waals surface area contributed by atoms with Crippen molar-refractivity contribution in [3.8, 4) is 0 Å². The number of carbonyl (C=O) groups is 1. The summed E-state index contributed by atoms with van der Waals surface area (Å²) in [6.07, 6.45) is 5.33. The molecular weight excluding hydrogens is 298 g/mol. The van der Waals surface area contributed by atoms with Crippen LogP contribution in [0.1, 0.15) is 66.2 Å². The van der Waals surface area contributed by atoms with E-state index < -0.39 is 10.0 Å². The molecule has 0 aromatic carbocycles. The highest BCUT2D eigenvalue weighted by Crippen LogP contribution is 2.70. The lowest BCUT2D eigenvalue weighted by molar-refractivity contribution is -0.129. The fourth-order valence-electron chi connectivity index (χ4n) is 5.60. The van der Waals surface area contributed by atoms with E-state index in [1.54, 1.807) is 0 Å². The van der Waals surface area contributed by atoms with Gasteiger partial charge in [0.05, 0.1) is 11.8 Å². The Bertz CT molecular complexity index is 583. The predicted molar refractivity (Wildman–Crippen MR) is 86.7 cm³/mol. The number of rotatable bonds is 4. The van der Waals surface area contributed by atoms with E-state index in [0.29, 0.717) is 12.3 Å². The monoisotopic (exact) mass is 327 g/mol. The lowest BCUT2D eigenvalue weighted by Gasteiger charge is -2.37. The van der Waals surface area contributed by atoms with Crippen LogP contribution in [0.25, 0.3) is 0 Å². The first-order chi connectivity index (χ1) is 10.2. The van der Waals surface area contributed by atoms with Crippen molar-refractivity contribution >= 4 is 15.9 Å². The lowest BCUT2D eigenvalue weighted by atomic mass is 9.69. The van der Waals surface area contributed by atoms with Gasteiger partial charge in [0.1, 0.15) is 0 Å². The first-order valence-corrected chi connectivity index (χ1v) is 10.3. The molecule has 0 aromatic heterocycles. The van der Waals surface area contributed by atoms with Gasteiger partial charge in [-0.2, -0.15) is 0 Å². The van der Waals surface area contributed by atoms with Gasteiger partial charge in [-0.3, -0.25) is 4.79 Å². The van der Waals surface area contributed by atoms with E-state index in [4.69, 9.17) is 0 Å². The van der Waals surface area contributed by atoms with Gasteiger partial charge in [-0.25, -0.2) is 12.7 Å². The molecule has 5 heteroatoms. The fraction of sp³-hybridized carbons (Fsp3) is 0.941. The Kier molecular flexibility index (Phi) is 3.67. The Balaban J connectivity index is 1.89. The van der Waals surface area contributed by atoms with Gasteiger partial charge in [-0.15, -0.1) is 0 Å².